The molecule has 3 aliphatic rings. The number of aromatic nitrogens is 2. The molecule has 1 saturated heterocycles. The van der Waals surface area contributed by atoms with Gasteiger partial charge in [-0.3, -0.25) is 4.79 Å². The summed E-state index contributed by atoms with van der Waals surface area (Å²) >= 11 is 0. The monoisotopic (exact) mass is 611 g/mol. The maximum Gasteiger partial charge on any atom is 0.264 e. The third-order valence-corrected chi connectivity index (χ3v) is 10.2. The van der Waals surface area contributed by atoms with Gasteiger partial charge in [-0.05, 0) is 101 Å². The van der Waals surface area contributed by atoms with Crippen molar-refractivity contribution in [2.75, 3.05) is 31.4 Å². The van der Waals surface area contributed by atoms with Crippen molar-refractivity contribution in [2.24, 2.45) is 5.41 Å². The maximum atomic E-state index is 13.9. The fourth-order valence-corrected chi connectivity index (χ4v) is 7.59. The SMILES string of the molecule is Cc1cccc(C)c1-c1cc2nc(n1)NS(=O)(=O)c1cccc(c1)C(=O)N(C1CC3(CCN(C)CC3)C1)C[C@@H](C)O2.Cl. The molecule has 4 bridgehead atoms. The van der Waals surface area contributed by atoms with Gasteiger partial charge in [0.1, 0.15) is 6.10 Å². The minimum Gasteiger partial charge on any atom is -0.473 e. The lowest BCUT2D eigenvalue weighted by atomic mass is 9.60. The summed E-state index contributed by atoms with van der Waals surface area (Å²) in [7, 11) is -1.92. The van der Waals surface area contributed by atoms with Crippen LogP contribution in [0.1, 0.15) is 54.1 Å². The number of ether oxygens (including phenoxy) is 1. The number of likely N-dealkylation sites (tertiary alicyclic amines) is 1. The summed E-state index contributed by atoms with van der Waals surface area (Å²) in [5.41, 5.74) is 4.09. The third kappa shape index (κ3) is 5.85. The Balaban J connectivity index is 0.00000353. The Hall–Kier alpha value is -3.21. The van der Waals surface area contributed by atoms with E-state index in [0.717, 1.165) is 55.5 Å². The Labute approximate surface area is 254 Å². The molecular weight excluding hydrogens is 574 g/mol. The van der Waals surface area contributed by atoms with Crippen LogP contribution in [-0.4, -0.2) is 72.9 Å². The molecular formula is C31H38ClN5O4S. The van der Waals surface area contributed by atoms with E-state index in [0.29, 0.717) is 17.8 Å². The van der Waals surface area contributed by atoms with Crippen LogP contribution in [-0.2, 0) is 10.0 Å². The second-order valence-electron chi connectivity index (χ2n) is 12.1. The summed E-state index contributed by atoms with van der Waals surface area (Å²) in [5.74, 6) is -0.0106. The standard InChI is InChI=1S/C31H37N5O4S.ClH/c1-20-7-5-8-21(2)28(20)26-16-27-33-30(32-26)34-41(38,39)25-10-6-9-23(15-25)29(37)36(19-22(3)40-27)24-17-31(18-24)11-13-35(4)14-12-31;/h5-10,15-16,22,24H,11-14,17-19H2,1-4H3,(H,32,33,34);1H/t22-;/m1./s1. The first kappa shape index (κ1) is 30.3. The molecule has 6 rings (SSSR count). The molecule has 2 fully saturated rings. The Morgan fingerprint density at radius 2 is 1.67 bits per heavy atom. The highest BCUT2D eigenvalue weighted by Crippen LogP contribution is 2.51. The zero-order valence-corrected chi connectivity index (χ0v) is 26.1. The molecule has 1 aromatic heterocycles. The van der Waals surface area contributed by atoms with E-state index in [9.17, 15) is 13.2 Å². The number of fused-ring (bicyclic) bond motifs is 4. The number of rotatable bonds is 2. The number of benzene rings is 2. The van der Waals surface area contributed by atoms with E-state index in [-0.39, 0.29) is 52.6 Å². The molecule has 224 valence electrons. The van der Waals surface area contributed by atoms with Crippen LogP contribution in [0.2, 0.25) is 0 Å². The molecule has 1 aliphatic carbocycles. The Morgan fingerprint density at radius 1 is 1.00 bits per heavy atom. The van der Waals surface area contributed by atoms with Crippen LogP contribution >= 0.6 is 12.4 Å². The van der Waals surface area contributed by atoms with Crippen LogP contribution in [0.3, 0.4) is 0 Å². The van der Waals surface area contributed by atoms with Crippen molar-refractivity contribution in [1.82, 2.24) is 19.8 Å². The molecule has 1 spiro atoms. The van der Waals surface area contributed by atoms with Crippen molar-refractivity contribution in [3.05, 3.63) is 65.2 Å². The zero-order chi connectivity index (χ0) is 28.9. The van der Waals surface area contributed by atoms with Gasteiger partial charge in [0.25, 0.3) is 15.9 Å². The normalized spacial score (nSPS) is 22.0. The molecule has 0 unspecified atom stereocenters. The Morgan fingerprint density at radius 3 is 2.36 bits per heavy atom. The van der Waals surface area contributed by atoms with Crippen molar-refractivity contribution in [3.8, 4) is 17.1 Å². The van der Waals surface area contributed by atoms with Gasteiger partial charge in [-0.15, -0.1) is 12.4 Å². The molecule has 2 aliphatic heterocycles. The van der Waals surface area contributed by atoms with Crippen LogP contribution in [0.4, 0.5) is 5.95 Å². The van der Waals surface area contributed by atoms with Crippen molar-refractivity contribution in [1.29, 1.82) is 0 Å². The van der Waals surface area contributed by atoms with Gasteiger partial charge in [-0.2, -0.15) is 4.98 Å². The van der Waals surface area contributed by atoms with Crippen molar-refractivity contribution >= 4 is 34.3 Å². The number of amides is 1. The number of piperidine rings is 1. The number of aryl methyl sites for hydroxylation is 2. The second-order valence-corrected chi connectivity index (χ2v) is 13.7. The number of sulfonamides is 1. The topological polar surface area (TPSA) is 105 Å². The molecule has 9 nitrogen and oxygen atoms in total. The molecule has 1 saturated carbocycles. The van der Waals surface area contributed by atoms with Gasteiger partial charge in [0.15, 0.2) is 0 Å². The highest BCUT2D eigenvalue weighted by Gasteiger charge is 2.48. The number of carbonyl (C=O) groups is 1. The highest BCUT2D eigenvalue weighted by atomic mass is 35.5. The largest absolute Gasteiger partial charge is 0.473 e. The van der Waals surface area contributed by atoms with E-state index in [4.69, 9.17) is 4.74 Å². The van der Waals surface area contributed by atoms with Crippen molar-refractivity contribution < 1.29 is 17.9 Å². The first-order valence-corrected chi connectivity index (χ1v) is 15.7. The van der Waals surface area contributed by atoms with Crippen LogP contribution in [0.25, 0.3) is 11.3 Å². The van der Waals surface area contributed by atoms with E-state index in [1.165, 1.54) is 12.1 Å². The summed E-state index contributed by atoms with van der Waals surface area (Å²) in [6.07, 6.45) is 3.79. The number of halogens is 1. The van der Waals surface area contributed by atoms with E-state index in [2.05, 4.69) is 26.6 Å². The van der Waals surface area contributed by atoms with E-state index >= 15 is 0 Å². The molecule has 1 N–H and O–H groups in total. The highest BCUT2D eigenvalue weighted by molar-refractivity contribution is 7.92. The van der Waals surface area contributed by atoms with Gasteiger partial charge in [0, 0.05) is 23.2 Å². The van der Waals surface area contributed by atoms with Gasteiger partial charge in [-0.25, -0.2) is 18.1 Å². The van der Waals surface area contributed by atoms with Crippen molar-refractivity contribution in [2.45, 2.75) is 63.5 Å². The van der Waals surface area contributed by atoms with E-state index in [1.807, 2.05) is 43.9 Å². The lowest BCUT2D eigenvalue weighted by Crippen LogP contribution is -2.57. The summed E-state index contributed by atoms with van der Waals surface area (Å²) in [6.45, 7) is 8.42. The maximum absolute atomic E-state index is 13.9. The predicted molar refractivity (Wildman–Crippen MR) is 165 cm³/mol. The fraction of sp³-hybridized carbons (Fsp3) is 0.452. The molecule has 3 aromatic rings. The number of nitrogens with zero attached hydrogens (tertiary/aromatic N) is 4. The van der Waals surface area contributed by atoms with E-state index < -0.39 is 10.0 Å². The fourth-order valence-electron chi connectivity index (χ4n) is 6.60. The number of carbonyl (C=O) groups excluding carboxylic acids is 1. The van der Waals surface area contributed by atoms with Gasteiger partial charge in [0.2, 0.25) is 11.8 Å². The molecule has 0 radical (unpaired) electrons. The van der Waals surface area contributed by atoms with Crippen LogP contribution in [0.5, 0.6) is 5.88 Å². The predicted octanol–water partition coefficient (Wildman–Crippen LogP) is 5.08. The summed E-state index contributed by atoms with van der Waals surface area (Å²) in [5, 5.41) is 0. The third-order valence-electron chi connectivity index (χ3n) is 8.92. The van der Waals surface area contributed by atoms with Gasteiger partial charge >= 0.3 is 0 Å². The first-order chi connectivity index (χ1) is 19.5. The summed E-state index contributed by atoms with van der Waals surface area (Å²) < 4.78 is 35.8. The number of anilines is 1. The number of hydrogen-bond acceptors (Lipinski definition) is 7. The number of hydrogen-bond donors (Lipinski definition) is 1. The molecule has 3 heterocycles. The molecule has 11 heteroatoms. The second kappa shape index (κ2) is 11.5. The molecule has 42 heavy (non-hydrogen) atoms. The lowest BCUT2D eigenvalue weighted by molar-refractivity contribution is -0.0377. The van der Waals surface area contributed by atoms with Crippen molar-refractivity contribution in [3.63, 3.8) is 0 Å². The zero-order valence-electron chi connectivity index (χ0n) is 24.5. The van der Waals surface area contributed by atoms with E-state index in [1.54, 1.807) is 18.2 Å². The average molecular weight is 612 g/mol. The minimum atomic E-state index is -4.08. The average Bonchev–Trinajstić information content (AvgIpc) is 2.90. The molecule has 1 atom stereocenters. The van der Waals surface area contributed by atoms with Crippen LogP contribution < -0.4 is 9.46 Å². The minimum absolute atomic E-state index is 0. The molecule has 1 amide bonds. The number of nitrogens with one attached hydrogen (secondary N) is 1. The molecule has 2 aromatic carbocycles. The Kier molecular flexibility index (Phi) is 8.26. The van der Waals surface area contributed by atoms with Gasteiger partial charge < -0.3 is 14.5 Å². The lowest BCUT2D eigenvalue weighted by Gasteiger charge is -2.55. The Bertz CT molecular complexity index is 1580. The van der Waals surface area contributed by atoms with Crippen LogP contribution in [0.15, 0.2) is 53.4 Å². The summed E-state index contributed by atoms with van der Waals surface area (Å²) in [4.78, 5) is 27.2. The van der Waals surface area contributed by atoms with Gasteiger partial charge in [-0.1, -0.05) is 24.3 Å². The first-order valence-electron chi connectivity index (χ1n) is 14.3. The quantitative estimate of drug-likeness (QED) is 0.431. The van der Waals surface area contributed by atoms with Gasteiger partial charge in [0.05, 0.1) is 17.1 Å². The van der Waals surface area contributed by atoms with Crippen LogP contribution in [0, 0.1) is 19.3 Å². The summed E-state index contributed by atoms with van der Waals surface area (Å²) in [6, 6.07) is 14.0. The smallest absolute Gasteiger partial charge is 0.264 e.